The zero-order chi connectivity index (χ0) is 24.3. The molecule has 6 heteroatoms. The Kier molecular flexibility index (Phi) is 6.19. The van der Waals surface area contributed by atoms with Crippen molar-refractivity contribution >= 4 is 17.1 Å². The van der Waals surface area contributed by atoms with Crippen LogP contribution in [0.5, 0.6) is 5.88 Å². The second-order valence-corrected chi connectivity index (χ2v) is 8.68. The second-order valence-electron chi connectivity index (χ2n) is 8.68. The smallest absolute Gasteiger partial charge is 0.247 e. The lowest BCUT2D eigenvalue weighted by Crippen LogP contribution is -2.38. The minimum absolute atomic E-state index is 0.194. The normalized spacial score (nSPS) is 11.7. The molecule has 176 valence electrons. The Morgan fingerprint density at radius 1 is 0.800 bits per heavy atom. The fourth-order valence-electron chi connectivity index (χ4n) is 4.51. The molecule has 0 bridgehead atoms. The number of hydrogen-bond acceptors (Lipinski definition) is 5. The molecule has 3 aromatic carbocycles. The molecule has 0 aliphatic carbocycles. The van der Waals surface area contributed by atoms with Gasteiger partial charge in [-0.2, -0.15) is 9.97 Å². The zero-order valence-corrected chi connectivity index (χ0v) is 20.2. The van der Waals surface area contributed by atoms with Crippen molar-refractivity contribution in [1.29, 1.82) is 0 Å². The molecule has 0 atom stereocenters. The van der Waals surface area contributed by atoms with E-state index >= 15 is 0 Å². The third-order valence-electron chi connectivity index (χ3n) is 6.15. The molecule has 0 aliphatic heterocycles. The van der Waals surface area contributed by atoms with Gasteiger partial charge in [-0.05, 0) is 37.5 Å². The van der Waals surface area contributed by atoms with Crippen LogP contribution in [-0.2, 0) is 5.54 Å². The number of hydrogen-bond donors (Lipinski definition) is 1. The Hall–Kier alpha value is -4.19. The maximum Gasteiger partial charge on any atom is 0.247 e. The molecule has 0 spiro atoms. The van der Waals surface area contributed by atoms with Crippen LogP contribution < -0.4 is 10.1 Å². The maximum atomic E-state index is 5.92. The van der Waals surface area contributed by atoms with Gasteiger partial charge in [0.2, 0.25) is 11.8 Å². The lowest BCUT2D eigenvalue weighted by Gasteiger charge is -2.37. The molecular formula is C29H29N5O. The Bertz CT molecular complexity index is 1300. The van der Waals surface area contributed by atoms with Gasteiger partial charge in [-0.1, -0.05) is 91.0 Å². The summed E-state index contributed by atoms with van der Waals surface area (Å²) in [5, 5.41) is 3.74. The SMILES string of the molecule is CCOc1nc(NC(c2ccccc2)(c2ccccc2)c2ccccc2)nc2c1ncn2C(C)C. The highest BCUT2D eigenvalue weighted by Gasteiger charge is 2.37. The summed E-state index contributed by atoms with van der Waals surface area (Å²) in [5.41, 5.74) is 3.91. The van der Waals surface area contributed by atoms with Crippen molar-refractivity contribution in [3.05, 3.63) is 114 Å². The van der Waals surface area contributed by atoms with Crippen LogP contribution >= 0.6 is 0 Å². The monoisotopic (exact) mass is 463 g/mol. The summed E-state index contributed by atoms with van der Waals surface area (Å²) in [6.45, 7) is 6.65. The van der Waals surface area contributed by atoms with E-state index in [0.717, 1.165) is 22.3 Å². The molecule has 0 aliphatic rings. The average molecular weight is 464 g/mol. The number of nitrogens with zero attached hydrogens (tertiary/aromatic N) is 4. The molecule has 6 nitrogen and oxygen atoms in total. The highest BCUT2D eigenvalue weighted by atomic mass is 16.5. The van der Waals surface area contributed by atoms with Crippen molar-refractivity contribution < 1.29 is 4.74 Å². The van der Waals surface area contributed by atoms with E-state index in [4.69, 9.17) is 14.7 Å². The summed E-state index contributed by atoms with van der Waals surface area (Å²) in [5.74, 6) is 0.947. The minimum Gasteiger partial charge on any atom is -0.476 e. The highest BCUT2D eigenvalue weighted by Crippen LogP contribution is 2.40. The van der Waals surface area contributed by atoms with Gasteiger partial charge in [-0.3, -0.25) is 0 Å². The molecule has 0 amide bonds. The topological polar surface area (TPSA) is 64.9 Å². The first-order valence-corrected chi connectivity index (χ1v) is 12.0. The van der Waals surface area contributed by atoms with E-state index in [1.165, 1.54) is 0 Å². The second kappa shape index (κ2) is 9.58. The van der Waals surface area contributed by atoms with Gasteiger partial charge in [0.05, 0.1) is 12.9 Å². The predicted octanol–water partition coefficient (Wildman–Crippen LogP) is 6.21. The molecule has 5 aromatic rings. The van der Waals surface area contributed by atoms with Gasteiger partial charge in [0, 0.05) is 6.04 Å². The maximum absolute atomic E-state index is 5.92. The van der Waals surface area contributed by atoms with Crippen molar-refractivity contribution in [2.24, 2.45) is 0 Å². The van der Waals surface area contributed by atoms with Crippen molar-refractivity contribution in [3.63, 3.8) is 0 Å². The van der Waals surface area contributed by atoms with E-state index in [-0.39, 0.29) is 6.04 Å². The molecule has 0 radical (unpaired) electrons. The van der Waals surface area contributed by atoms with Gasteiger partial charge in [0.1, 0.15) is 5.54 Å². The van der Waals surface area contributed by atoms with Crippen LogP contribution in [-0.4, -0.2) is 26.1 Å². The summed E-state index contributed by atoms with van der Waals surface area (Å²) in [6.07, 6.45) is 1.80. The van der Waals surface area contributed by atoms with Gasteiger partial charge in [0.25, 0.3) is 0 Å². The number of ether oxygens (including phenoxy) is 1. The highest BCUT2D eigenvalue weighted by molar-refractivity contribution is 5.78. The van der Waals surface area contributed by atoms with Crippen molar-refractivity contribution in [1.82, 2.24) is 19.5 Å². The van der Waals surface area contributed by atoms with E-state index in [0.29, 0.717) is 24.0 Å². The summed E-state index contributed by atoms with van der Waals surface area (Å²) in [7, 11) is 0. The lowest BCUT2D eigenvalue weighted by molar-refractivity contribution is 0.330. The van der Waals surface area contributed by atoms with Crippen LogP contribution in [0.4, 0.5) is 5.95 Å². The number of aromatic nitrogens is 4. The first kappa shape index (κ1) is 22.6. The van der Waals surface area contributed by atoms with E-state index in [1.807, 2.05) is 29.7 Å². The van der Waals surface area contributed by atoms with E-state index < -0.39 is 5.54 Å². The first-order chi connectivity index (χ1) is 17.1. The third-order valence-corrected chi connectivity index (χ3v) is 6.15. The average Bonchev–Trinajstić information content (AvgIpc) is 3.34. The number of imidazole rings is 1. The van der Waals surface area contributed by atoms with Crippen molar-refractivity contribution in [3.8, 4) is 5.88 Å². The summed E-state index contributed by atoms with van der Waals surface area (Å²) in [6, 6.07) is 31.4. The largest absolute Gasteiger partial charge is 0.476 e. The summed E-state index contributed by atoms with van der Waals surface area (Å²) < 4.78 is 7.96. The van der Waals surface area contributed by atoms with E-state index in [1.54, 1.807) is 6.33 Å². The zero-order valence-electron chi connectivity index (χ0n) is 20.2. The van der Waals surface area contributed by atoms with E-state index in [2.05, 4.69) is 96.9 Å². The molecule has 0 fully saturated rings. The van der Waals surface area contributed by atoms with E-state index in [9.17, 15) is 0 Å². The molecule has 0 saturated heterocycles. The van der Waals surface area contributed by atoms with Crippen LogP contribution in [0.1, 0.15) is 43.5 Å². The fourth-order valence-corrected chi connectivity index (χ4v) is 4.51. The Balaban J connectivity index is 1.78. The van der Waals surface area contributed by atoms with Crippen LogP contribution in [0.2, 0.25) is 0 Å². The Morgan fingerprint density at radius 2 is 1.31 bits per heavy atom. The molecule has 2 aromatic heterocycles. The van der Waals surface area contributed by atoms with Gasteiger partial charge in [-0.15, -0.1) is 0 Å². The quantitative estimate of drug-likeness (QED) is 0.277. The van der Waals surface area contributed by atoms with Gasteiger partial charge in [0.15, 0.2) is 11.2 Å². The van der Waals surface area contributed by atoms with Gasteiger partial charge >= 0.3 is 0 Å². The lowest BCUT2D eigenvalue weighted by atomic mass is 9.77. The van der Waals surface area contributed by atoms with Crippen molar-refractivity contribution in [2.75, 3.05) is 11.9 Å². The number of rotatable bonds is 8. The molecule has 2 heterocycles. The Morgan fingerprint density at radius 3 is 1.77 bits per heavy atom. The van der Waals surface area contributed by atoms with Crippen molar-refractivity contribution in [2.45, 2.75) is 32.4 Å². The molecular weight excluding hydrogens is 434 g/mol. The molecule has 5 rings (SSSR count). The first-order valence-electron chi connectivity index (χ1n) is 12.0. The number of nitrogens with one attached hydrogen (secondary N) is 1. The molecule has 0 unspecified atom stereocenters. The van der Waals surface area contributed by atoms with Crippen LogP contribution in [0, 0.1) is 0 Å². The van der Waals surface area contributed by atoms with Crippen LogP contribution in [0.15, 0.2) is 97.3 Å². The predicted molar refractivity (Wildman–Crippen MR) is 140 cm³/mol. The van der Waals surface area contributed by atoms with Gasteiger partial charge < -0.3 is 14.6 Å². The van der Waals surface area contributed by atoms with Gasteiger partial charge in [-0.25, -0.2) is 4.98 Å². The minimum atomic E-state index is -0.733. The summed E-state index contributed by atoms with van der Waals surface area (Å²) in [4.78, 5) is 14.3. The Labute approximate surface area is 205 Å². The van der Waals surface area contributed by atoms with Crippen LogP contribution in [0.3, 0.4) is 0 Å². The molecule has 0 saturated carbocycles. The third kappa shape index (κ3) is 4.12. The molecule has 1 N–H and O–H groups in total. The summed E-state index contributed by atoms with van der Waals surface area (Å²) >= 11 is 0. The molecule has 35 heavy (non-hydrogen) atoms. The standard InChI is InChI=1S/C29H29N5O/c1-4-35-27-25-26(34(20-30-25)21(2)3)31-28(32-27)33-29(22-14-8-5-9-15-22,23-16-10-6-11-17-23)24-18-12-7-13-19-24/h5-21H,4H2,1-3H3,(H,31,32,33). The number of fused-ring (bicyclic) bond motifs is 1. The number of anilines is 1. The van der Waals surface area contributed by atoms with Crippen LogP contribution in [0.25, 0.3) is 11.2 Å². The number of benzene rings is 3. The fraction of sp³-hybridized carbons (Fsp3) is 0.207.